The Morgan fingerprint density at radius 2 is 1.73 bits per heavy atom. The van der Waals surface area contributed by atoms with Crippen molar-refractivity contribution in [3.63, 3.8) is 0 Å². The maximum Gasteiger partial charge on any atom is 0.243 e. The van der Waals surface area contributed by atoms with Gasteiger partial charge in [-0.15, -0.1) is 0 Å². The molecular weight excluding hydrogens is 422 g/mol. The summed E-state index contributed by atoms with van der Waals surface area (Å²) in [5.41, 5.74) is 2.12. The van der Waals surface area contributed by atoms with Crippen LogP contribution in [0.3, 0.4) is 0 Å². The van der Waals surface area contributed by atoms with E-state index in [0.29, 0.717) is 11.2 Å². The Hall–Kier alpha value is -3.21. The Kier molecular flexibility index (Phi) is 5.79. The first-order chi connectivity index (χ1) is 14.5. The predicted octanol–water partition coefficient (Wildman–Crippen LogP) is 2.61. The van der Waals surface area contributed by atoms with Gasteiger partial charge in [0.15, 0.2) is 0 Å². The number of hydrogen-bond acceptors (Lipinski definition) is 7. The maximum atomic E-state index is 13.1. The van der Waals surface area contributed by atoms with E-state index in [-0.39, 0.29) is 16.8 Å². The highest BCUT2D eigenvalue weighted by Crippen LogP contribution is 2.21. The van der Waals surface area contributed by atoms with Crippen LogP contribution in [0.5, 0.6) is 0 Å². The Morgan fingerprint density at radius 3 is 2.50 bits per heavy atom. The van der Waals surface area contributed by atoms with E-state index in [4.69, 9.17) is 0 Å². The summed E-state index contributed by atoms with van der Waals surface area (Å²) in [6.45, 7) is 0. The van der Waals surface area contributed by atoms with Crippen LogP contribution in [-0.4, -0.2) is 34.1 Å². The van der Waals surface area contributed by atoms with Gasteiger partial charge in [-0.2, -0.15) is 13.5 Å². The topological polar surface area (TPSA) is 114 Å². The van der Waals surface area contributed by atoms with E-state index in [0.717, 1.165) is 17.3 Å². The van der Waals surface area contributed by atoms with Crippen molar-refractivity contribution in [3.8, 4) is 0 Å². The second-order valence-electron chi connectivity index (χ2n) is 6.48. The summed E-state index contributed by atoms with van der Waals surface area (Å²) in [5, 5.41) is 2.74. The third kappa shape index (κ3) is 4.51. The zero-order valence-electron chi connectivity index (χ0n) is 15.6. The molecule has 0 aliphatic rings. The number of nitrogens with one attached hydrogen (secondary N) is 2. The minimum absolute atomic E-state index is 0.0106. The molecule has 1 amide bonds. The van der Waals surface area contributed by atoms with Gasteiger partial charge in [-0.25, -0.2) is 8.42 Å². The van der Waals surface area contributed by atoms with E-state index in [1.54, 1.807) is 36.7 Å². The van der Waals surface area contributed by atoms with E-state index in [1.807, 2.05) is 30.3 Å². The molecule has 0 aliphatic heterocycles. The molecule has 0 aliphatic carbocycles. The van der Waals surface area contributed by atoms with Crippen molar-refractivity contribution in [3.05, 3.63) is 78.6 Å². The quantitative estimate of drug-likeness (QED) is 0.458. The summed E-state index contributed by atoms with van der Waals surface area (Å²) in [7, 11) is -4.03. The standard InChI is InChI=1S/C20H17N5O3S2/c26-20(22-15-9-11-21-12-10-15)17(13-14-5-2-1-3-6-14)25-30(27,28)18-8-4-7-16-19(18)24-29-23-16/h1-12,17,25H,13H2,(H,21,22,26). The summed E-state index contributed by atoms with van der Waals surface area (Å²) < 4.78 is 37.0. The molecule has 2 heterocycles. The highest BCUT2D eigenvalue weighted by Gasteiger charge is 2.28. The van der Waals surface area contributed by atoms with E-state index in [2.05, 4.69) is 23.8 Å². The zero-order chi connectivity index (χ0) is 21.0. The van der Waals surface area contributed by atoms with Crippen LogP contribution >= 0.6 is 11.7 Å². The average Bonchev–Trinajstić information content (AvgIpc) is 3.23. The van der Waals surface area contributed by atoms with Crippen molar-refractivity contribution in [1.82, 2.24) is 18.5 Å². The molecule has 1 atom stereocenters. The van der Waals surface area contributed by atoms with Crippen molar-refractivity contribution in [2.75, 3.05) is 5.32 Å². The smallest absolute Gasteiger partial charge is 0.243 e. The lowest BCUT2D eigenvalue weighted by atomic mass is 10.1. The summed E-state index contributed by atoms with van der Waals surface area (Å²) in [5.74, 6) is -0.475. The SMILES string of the molecule is O=C(Nc1ccncc1)C(Cc1ccccc1)NS(=O)(=O)c1cccc2nsnc12. The van der Waals surface area contributed by atoms with Gasteiger partial charge in [0.05, 0.1) is 11.7 Å². The Morgan fingerprint density at radius 1 is 0.967 bits per heavy atom. The highest BCUT2D eigenvalue weighted by atomic mass is 32.2. The fraction of sp³-hybridized carbons (Fsp3) is 0.100. The van der Waals surface area contributed by atoms with Crippen LogP contribution in [0.15, 0.2) is 78.0 Å². The third-order valence-electron chi connectivity index (χ3n) is 4.38. The molecule has 0 saturated carbocycles. The number of benzene rings is 2. The van der Waals surface area contributed by atoms with Gasteiger partial charge in [-0.1, -0.05) is 36.4 Å². The van der Waals surface area contributed by atoms with Crippen molar-refractivity contribution in [1.29, 1.82) is 0 Å². The monoisotopic (exact) mass is 439 g/mol. The molecule has 2 N–H and O–H groups in total. The van der Waals surface area contributed by atoms with Crippen molar-refractivity contribution in [2.24, 2.45) is 0 Å². The minimum Gasteiger partial charge on any atom is -0.325 e. The number of sulfonamides is 1. The minimum atomic E-state index is -4.03. The Labute approximate surface area is 177 Å². The fourth-order valence-electron chi connectivity index (χ4n) is 2.95. The number of carbonyl (C=O) groups is 1. The largest absolute Gasteiger partial charge is 0.325 e. The van der Waals surface area contributed by atoms with Crippen LogP contribution in [0.25, 0.3) is 11.0 Å². The summed E-state index contributed by atoms with van der Waals surface area (Å²) in [6.07, 6.45) is 3.27. The third-order valence-corrected chi connectivity index (χ3v) is 6.43. The molecule has 0 bridgehead atoms. The van der Waals surface area contributed by atoms with Crippen molar-refractivity contribution >= 4 is 44.4 Å². The lowest BCUT2D eigenvalue weighted by Crippen LogP contribution is -2.45. The molecule has 4 rings (SSSR count). The molecule has 4 aromatic rings. The molecule has 2 aromatic heterocycles. The molecule has 8 nitrogen and oxygen atoms in total. The van der Waals surface area contributed by atoms with Gasteiger partial charge < -0.3 is 5.32 Å². The van der Waals surface area contributed by atoms with Gasteiger partial charge in [-0.05, 0) is 36.2 Å². The molecule has 0 saturated heterocycles. The fourth-order valence-corrected chi connectivity index (χ4v) is 4.91. The number of nitrogens with zero attached hydrogens (tertiary/aromatic N) is 3. The first kappa shape index (κ1) is 20.1. The van der Waals surface area contributed by atoms with E-state index in [9.17, 15) is 13.2 Å². The van der Waals surface area contributed by atoms with E-state index in [1.165, 1.54) is 6.07 Å². The van der Waals surface area contributed by atoms with Gasteiger partial charge in [0.2, 0.25) is 15.9 Å². The van der Waals surface area contributed by atoms with E-state index < -0.39 is 22.0 Å². The Bertz CT molecular complexity index is 1260. The van der Waals surface area contributed by atoms with Crippen molar-refractivity contribution < 1.29 is 13.2 Å². The molecule has 152 valence electrons. The van der Waals surface area contributed by atoms with Gasteiger partial charge in [0.25, 0.3) is 0 Å². The van der Waals surface area contributed by atoms with Gasteiger partial charge in [0.1, 0.15) is 22.0 Å². The van der Waals surface area contributed by atoms with Gasteiger partial charge in [0, 0.05) is 18.1 Å². The predicted molar refractivity (Wildman–Crippen MR) is 115 cm³/mol. The summed E-state index contributed by atoms with van der Waals surface area (Å²) in [4.78, 5) is 16.9. The molecule has 2 aromatic carbocycles. The first-order valence-electron chi connectivity index (χ1n) is 9.01. The number of anilines is 1. The molecule has 0 radical (unpaired) electrons. The normalized spacial score (nSPS) is 12.5. The highest BCUT2D eigenvalue weighted by molar-refractivity contribution is 7.89. The van der Waals surface area contributed by atoms with Crippen LogP contribution < -0.4 is 10.0 Å². The van der Waals surface area contributed by atoms with Crippen molar-refractivity contribution in [2.45, 2.75) is 17.4 Å². The molecule has 30 heavy (non-hydrogen) atoms. The number of aromatic nitrogens is 3. The lowest BCUT2D eigenvalue weighted by molar-refractivity contribution is -0.117. The second kappa shape index (κ2) is 8.66. The molecule has 0 spiro atoms. The van der Waals surface area contributed by atoms with Crippen LogP contribution in [0, 0.1) is 0 Å². The van der Waals surface area contributed by atoms with Gasteiger partial charge in [-0.3, -0.25) is 9.78 Å². The lowest BCUT2D eigenvalue weighted by Gasteiger charge is -2.19. The molecule has 1 unspecified atom stereocenters. The van der Waals surface area contributed by atoms with E-state index >= 15 is 0 Å². The molecular formula is C20H17N5O3S2. The Balaban J connectivity index is 1.64. The summed E-state index contributed by atoms with van der Waals surface area (Å²) >= 11 is 0.935. The number of pyridine rings is 1. The maximum absolute atomic E-state index is 13.1. The first-order valence-corrected chi connectivity index (χ1v) is 11.2. The number of amides is 1. The molecule has 0 fully saturated rings. The van der Waals surface area contributed by atoms with Crippen LogP contribution in [-0.2, 0) is 21.2 Å². The van der Waals surface area contributed by atoms with Gasteiger partial charge >= 0.3 is 0 Å². The zero-order valence-corrected chi connectivity index (χ0v) is 17.2. The number of carbonyl (C=O) groups excluding carboxylic acids is 1. The average molecular weight is 440 g/mol. The molecule has 10 heteroatoms. The summed E-state index contributed by atoms with van der Waals surface area (Å²) in [6, 6.07) is 16.2. The number of rotatable bonds is 7. The number of hydrogen-bond donors (Lipinski definition) is 2. The van der Waals surface area contributed by atoms with Crippen LogP contribution in [0.4, 0.5) is 5.69 Å². The second-order valence-corrected chi connectivity index (χ2v) is 8.69. The van der Waals surface area contributed by atoms with Crippen LogP contribution in [0.2, 0.25) is 0 Å². The van der Waals surface area contributed by atoms with Crippen LogP contribution in [0.1, 0.15) is 5.56 Å². The number of fused-ring (bicyclic) bond motifs is 1.